The smallest absolute Gasteiger partial charge is 0.244 e. The summed E-state index contributed by atoms with van der Waals surface area (Å²) >= 11 is 0. The summed E-state index contributed by atoms with van der Waals surface area (Å²) in [6, 6.07) is 23.1. The summed E-state index contributed by atoms with van der Waals surface area (Å²) in [5.74, 6) is -0.201. The van der Waals surface area contributed by atoms with E-state index in [1.54, 1.807) is 31.2 Å². The highest BCUT2D eigenvalue weighted by molar-refractivity contribution is 7.92. The monoisotopic (exact) mass is 565 g/mol. The van der Waals surface area contributed by atoms with Crippen LogP contribution in [0.2, 0.25) is 0 Å². The van der Waals surface area contributed by atoms with Crippen LogP contribution in [-0.4, -0.2) is 50.0 Å². The molecule has 0 radical (unpaired) electrons. The molecule has 0 aromatic heterocycles. The number of nitrogens with zero attached hydrogens (tertiary/aromatic N) is 2. The van der Waals surface area contributed by atoms with E-state index in [4.69, 9.17) is 4.74 Å². The molecular formula is C31H39N3O5S. The molecule has 0 unspecified atom stereocenters. The lowest BCUT2D eigenvalue weighted by Crippen LogP contribution is -2.52. The van der Waals surface area contributed by atoms with Crippen molar-refractivity contribution >= 4 is 27.5 Å². The Balaban J connectivity index is 1.82. The topological polar surface area (TPSA) is 96.0 Å². The second kappa shape index (κ2) is 14.0. The lowest BCUT2D eigenvalue weighted by Gasteiger charge is -2.32. The largest absolute Gasteiger partial charge is 0.489 e. The molecule has 0 spiro atoms. The number of benzene rings is 3. The zero-order chi connectivity index (χ0) is 29.3. The molecule has 40 heavy (non-hydrogen) atoms. The number of anilines is 1. The maximum Gasteiger partial charge on any atom is 0.244 e. The lowest BCUT2D eigenvalue weighted by atomic mass is 10.1. The van der Waals surface area contributed by atoms with E-state index in [1.165, 1.54) is 4.90 Å². The van der Waals surface area contributed by atoms with Crippen molar-refractivity contribution in [2.45, 2.75) is 59.4 Å². The van der Waals surface area contributed by atoms with E-state index in [1.807, 2.05) is 75.4 Å². The number of rotatable bonds is 13. The number of amides is 2. The van der Waals surface area contributed by atoms with Crippen molar-refractivity contribution in [1.82, 2.24) is 10.2 Å². The maximum absolute atomic E-state index is 13.7. The minimum Gasteiger partial charge on any atom is -0.489 e. The molecule has 0 heterocycles. The van der Waals surface area contributed by atoms with E-state index < -0.39 is 28.5 Å². The van der Waals surface area contributed by atoms with Crippen LogP contribution in [0.5, 0.6) is 5.75 Å². The molecule has 2 atom stereocenters. The first-order valence-corrected chi connectivity index (χ1v) is 15.2. The Bertz CT molecular complexity index is 1380. The van der Waals surface area contributed by atoms with Gasteiger partial charge in [0, 0.05) is 12.6 Å². The van der Waals surface area contributed by atoms with Gasteiger partial charge in [0.25, 0.3) is 0 Å². The minimum absolute atomic E-state index is 0.0546. The predicted molar refractivity (Wildman–Crippen MR) is 158 cm³/mol. The van der Waals surface area contributed by atoms with Crippen molar-refractivity contribution in [3.05, 3.63) is 95.6 Å². The maximum atomic E-state index is 13.7. The van der Waals surface area contributed by atoms with Crippen LogP contribution in [-0.2, 0) is 32.8 Å². The van der Waals surface area contributed by atoms with Gasteiger partial charge in [0.1, 0.15) is 24.9 Å². The summed E-state index contributed by atoms with van der Waals surface area (Å²) in [6.07, 6.45) is 1.81. The number of aryl methyl sites for hydroxylation is 1. The van der Waals surface area contributed by atoms with Gasteiger partial charge in [-0.05, 0) is 62.6 Å². The van der Waals surface area contributed by atoms with Gasteiger partial charge in [0.2, 0.25) is 21.8 Å². The van der Waals surface area contributed by atoms with Crippen LogP contribution < -0.4 is 14.4 Å². The highest BCUT2D eigenvalue weighted by Crippen LogP contribution is 2.23. The van der Waals surface area contributed by atoms with Crippen LogP contribution in [0, 0.1) is 6.92 Å². The first kappa shape index (κ1) is 30.7. The Morgan fingerprint density at radius 3 is 2.17 bits per heavy atom. The summed E-state index contributed by atoms with van der Waals surface area (Å²) in [5.41, 5.74) is 3.21. The molecule has 9 heteroatoms. The third-order valence-electron chi connectivity index (χ3n) is 6.66. The number of ether oxygens (including phenoxy) is 1. The van der Waals surface area contributed by atoms with Gasteiger partial charge in [-0.1, -0.05) is 67.1 Å². The predicted octanol–water partition coefficient (Wildman–Crippen LogP) is 4.67. The van der Waals surface area contributed by atoms with Crippen molar-refractivity contribution < 1.29 is 22.7 Å². The molecule has 3 aromatic rings. The Labute approximate surface area is 238 Å². The second-order valence-electron chi connectivity index (χ2n) is 10.0. The minimum atomic E-state index is -3.82. The molecule has 0 bridgehead atoms. The summed E-state index contributed by atoms with van der Waals surface area (Å²) in [4.78, 5) is 28.2. The number of carbonyl (C=O) groups excluding carboxylic acids is 2. The van der Waals surface area contributed by atoms with E-state index >= 15 is 0 Å². The van der Waals surface area contributed by atoms with Gasteiger partial charge in [-0.15, -0.1) is 0 Å². The lowest BCUT2D eigenvalue weighted by molar-refractivity contribution is -0.139. The van der Waals surface area contributed by atoms with Crippen LogP contribution in [0.1, 0.15) is 43.9 Å². The van der Waals surface area contributed by atoms with E-state index in [-0.39, 0.29) is 18.5 Å². The first-order chi connectivity index (χ1) is 19.0. The fourth-order valence-corrected chi connectivity index (χ4v) is 4.97. The van der Waals surface area contributed by atoms with Gasteiger partial charge in [0.15, 0.2) is 0 Å². The van der Waals surface area contributed by atoms with Gasteiger partial charge in [0.05, 0.1) is 11.9 Å². The van der Waals surface area contributed by atoms with Gasteiger partial charge < -0.3 is 15.0 Å². The van der Waals surface area contributed by atoms with E-state index in [0.717, 1.165) is 33.7 Å². The molecule has 8 nitrogen and oxygen atoms in total. The molecule has 0 fully saturated rings. The van der Waals surface area contributed by atoms with Crippen molar-refractivity contribution in [2.24, 2.45) is 0 Å². The number of nitrogens with one attached hydrogen (secondary N) is 1. The summed E-state index contributed by atoms with van der Waals surface area (Å²) in [6.45, 7) is 7.57. The average molecular weight is 566 g/mol. The molecule has 3 rings (SSSR count). The summed E-state index contributed by atoms with van der Waals surface area (Å²) < 4.78 is 32.5. The Morgan fingerprint density at radius 1 is 0.925 bits per heavy atom. The first-order valence-electron chi connectivity index (χ1n) is 13.4. The molecule has 0 saturated heterocycles. The van der Waals surface area contributed by atoms with Crippen LogP contribution in [0.3, 0.4) is 0 Å². The number of carbonyl (C=O) groups is 2. The van der Waals surface area contributed by atoms with Gasteiger partial charge >= 0.3 is 0 Å². The molecule has 0 saturated carbocycles. The Hall–Kier alpha value is -3.85. The quantitative estimate of drug-likeness (QED) is 0.325. The fraction of sp³-hybridized carbons (Fsp3) is 0.355. The molecular weight excluding hydrogens is 526 g/mol. The summed E-state index contributed by atoms with van der Waals surface area (Å²) in [5, 5.41) is 2.93. The standard InChI is InChI=1S/C31H39N3O5S/c1-6-24(3)32-31(36)25(4)33(20-27-14-10-11-23(2)19-27)30(35)21-34(40(5,37)38)28-15-17-29(18-16-28)39-22-26-12-8-7-9-13-26/h7-19,24-25H,6,20-22H2,1-5H3,(H,32,36)/t24-,25-/m0/s1. The van der Waals surface area contributed by atoms with Crippen molar-refractivity contribution in [3.63, 3.8) is 0 Å². The second-order valence-corrected chi connectivity index (χ2v) is 11.9. The molecule has 214 valence electrons. The highest BCUT2D eigenvalue weighted by atomic mass is 32.2. The van der Waals surface area contributed by atoms with E-state index in [2.05, 4.69) is 5.32 Å². The fourth-order valence-electron chi connectivity index (χ4n) is 4.12. The third-order valence-corrected chi connectivity index (χ3v) is 7.80. The molecule has 2 amide bonds. The SMILES string of the molecule is CC[C@H](C)NC(=O)[C@H](C)N(Cc1cccc(C)c1)C(=O)CN(c1ccc(OCc2ccccc2)cc1)S(C)(=O)=O. The van der Waals surface area contributed by atoms with Crippen LogP contribution in [0.25, 0.3) is 0 Å². The average Bonchev–Trinajstić information content (AvgIpc) is 2.93. The molecule has 0 aliphatic carbocycles. The number of hydrogen-bond acceptors (Lipinski definition) is 5. The zero-order valence-corrected chi connectivity index (χ0v) is 24.6. The highest BCUT2D eigenvalue weighted by Gasteiger charge is 2.30. The van der Waals surface area contributed by atoms with Crippen molar-refractivity contribution in [3.8, 4) is 5.75 Å². The normalized spacial score (nSPS) is 12.7. The Morgan fingerprint density at radius 2 is 1.57 bits per heavy atom. The van der Waals surface area contributed by atoms with Gasteiger partial charge in [-0.25, -0.2) is 8.42 Å². The van der Waals surface area contributed by atoms with Crippen LogP contribution in [0.4, 0.5) is 5.69 Å². The van der Waals surface area contributed by atoms with Crippen LogP contribution >= 0.6 is 0 Å². The third kappa shape index (κ3) is 8.84. The van der Waals surface area contributed by atoms with E-state index in [9.17, 15) is 18.0 Å². The Kier molecular flexibility index (Phi) is 10.7. The van der Waals surface area contributed by atoms with Gasteiger partial charge in [-0.3, -0.25) is 13.9 Å². The van der Waals surface area contributed by atoms with E-state index in [0.29, 0.717) is 18.0 Å². The number of sulfonamides is 1. The zero-order valence-electron chi connectivity index (χ0n) is 23.8. The van der Waals surface area contributed by atoms with Crippen molar-refractivity contribution in [2.75, 3.05) is 17.1 Å². The van der Waals surface area contributed by atoms with Crippen LogP contribution in [0.15, 0.2) is 78.9 Å². The van der Waals surface area contributed by atoms with Crippen molar-refractivity contribution in [1.29, 1.82) is 0 Å². The van der Waals surface area contributed by atoms with Gasteiger partial charge in [-0.2, -0.15) is 0 Å². The molecule has 3 aromatic carbocycles. The molecule has 0 aliphatic heterocycles. The summed E-state index contributed by atoms with van der Waals surface area (Å²) in [7, 11) is -3.82. The molecule has 0 aliphatic rings. The molecule has 1 N–H and O–H groups in total. The number of hydrogen-bond donors (Lipinski definition) is 1.